The van der Waals surface area contributed by atoms with Crippen LogP contribution in [0.4, 0.5) is 4.39 Å². The summed E-state index contributed by atoms with van der Waals surface area (Å²) in [5, 5.41) is 8.20. The molecule has 0 aliphatic heterocycles. The van der Waals surface area contributed by atoms with E-state index in [0.29, 0.717) is 6.08 Å². The number of hydrogen-bond acceptors (Lipinski definition) is 2. The van der Waals surface area contributed by atoms with Crippen LogP contribution in [-0.2, 0) is 4.79 Å². The van der Waals surface area contributed by atoms with Crippen LogP contribution >= 0.6 is 0 Å². The fraction of sp³-hybridized carbons (Fsp3) is 0. The van der Waals surface area contributed by atoms with Crippen LogP contribution in [0, 0.1) is 0 Å². The van der Waals surface area contributed by atoms with Crippen molar-refractivity contribution in [2.24, 2.45) is 0 Å². The van der Waals surface area contributed by atoms with Gasteiger partial charge in [-0.15, -0.1) is 0 Å². The lowest BCUT2D eigenvalue weighted by atomic mass is 10.3. The molecule has 0 aromatic carbocycles. The van der Waals surface area contributed by atoms with Crippen LogP contribution in [0.3, 0.4) is 0 Å². The van der Waals surface area contributed by atoms with Gasteiger partial charge in [0.1, 0.15) is 0 Å². The molecule has 12 heavy (non-hydrogen) atoms. The number of carboxylic acids is 1. The van der Waals surface area contributed by atoms with Crippen molar-refractivity contribution in [2.75, 3.05) is 0 Å². The van der Waals surface area contributed by atoms with E-state index in [1.165, 1.54) is 12.3 Å². The maximum atomic E-state index is 12.8. The molecule has 0 spiro atoms. The molecular weight excluding hydrogens is 161 g/mol. The number of pyridine rings is 1. The molecule has 0 aliphatic rings. The first kappa shape index (κ1) is 8.39. The smallest absolute Gasteiger partial charge is 0.331 e. The van der Waals surface area contributed by atoms with Gasteiger partial charge >= 0.3 is 5.97 Å². The van der Waals surface area contributed by atoms with Crippen molar-refractivity contribution in [1.82, 2.24) is 4.98 Å². The molecule has 0 saturated carbocycles. The maximum Gasteiger partial charge on any atom is 0.331 e. The first-order valence-corrected chi connectivity index (χ1v) is 3.21. The van der Waals surface area contributed by atoms with Crippen LogP contribution in [0.15, 0.2) is 30.5 Å². The molecule has 0 unspecified atom stereocenters. The number of halogens is 1. The van der Waals surface area contributed by atoms with Gasteiger partial charge in [0.15, 0.2) is 5.83 Å². The highest BCUT2D eigenvalue weighted by Crippen LogP contribution is 2.11. The quantitative estimate of drug-likeness (QED) is 0.678. The summed E-state index contributed by atoms with van der Waals surface area (Å²) in [6.45, 7) is 0. The van der Waals surface area contributed by atoms with Crippen molar-refractivity contribution >= 4 is 11.8 Å². The van der Waals surface area contributed by atoms with Gasteiger partial charge in [0.25, 0.3) is 0 Å². The summed E-state index contributed by atoms with van der Waals surface area (Å²) in [6, 6.07) is 4.60. The second-order valence-corrected chi connectivity index (χ2v) is 2.05. The van der Waals surface area contributed by atoms with Crippen LogP contribution in [0.25, 0.3) is 5.83 Å². The average Bonchev–Trinajstić information content (AvgIpc) is 2.05. The normalized spacial score (nSPS) is 11.2. The monoisotopic (exact) mass is 167 g/mol. The molecule has 0 amide bonds. The zero-order valence-corrected chi connectivity index (χ0v) is 6.07. The highest BCUT2D eigenvalue weighted by Gasteiger charge is 2.02. The van der Waals surface area contributed by atoms with E-state index >= 15 is 0 Å². The summed E-state index contributed by atoms with van der Waals surface area (Å²) in [4.78, 5) is 13.7. The van der Waals surface area contributed by atoms with E-state index in [2.05, 4.69) is 4.98 Å². The van der Waals surface area contributed by atoms with Crippen LogP contribution in [-0.4, -0.2) is 16.1 Å². The van der Waals surface area contributed by atoms with Crippen LogP contribution in [0.5, 0.6) is 0 Å². The molecule has 4 heteroatoms. The molecule has 1 rings (SSSR count). The summed E-state index contributed by atoms with van der Waals surface area (Å²) in [5.74, 6) is -2.17. The van der Waals surface area contributed by atoms with Gasteiger partial charge in [-0.2, -0.15) is 0 Å². The predicted molar refractivity (Wildman–Crippen MR) is 41.0 cm³/mol. The zero-order valence-electron chi connectivity index (χ0n) is 6.07. The topological polar surface area (TPSA) is 50.2 Å². The lowest BCUT2D eigenvalue weighted by molar-refractivity contribution is -0.131. The Morgan fingerprint density at radius 3 is 2.83 bits per heavy atom. The number of aliphatic carboxylic acids is 1. The number of rotatable bonds is 2. The van der Waals surface area contributed by atoms with Gasteiger partial charge in [0.05, 0.1) is 11.8 Å². The van der Waals surface area contributed by atoms with Crippen molar-refractivity contribution in [2.45, 2.75) is 0 Å². The number of aromatic nitrogens is 1. The van der Waals surface area contributed by atoms with Crippen molar-refractivity contribution < 1.29 is 14.3 Å². The molecular formula is C8H6FNO2. The highest BCUT2D eigenvalue weighted by atomic mass is 19.1. The molecule has 0 bridgehead atoms. The summed E-state index contributed by atoms with van der Waals surface area (Å²) in [7, 11) is 0. The van der Waals surface area contributed by atoms with Gasteiger partial charge in [-0.1, -0.05) is 6.07 Å². The van der Waals surface area contributed by atoms with E-state index in [4.69, 9.17) is 5.11 Å². The molecule has 3 nitrogen and oxygen atoms in total. The van der Waals surface area contributed by atoms with Gasteiger partial charge in [0, 0.05) is 6.20 Å². The Morgan fingerprint density at radius 2 is 2.33 bits per heavy atom. The minimum Gasteiger partial charge on any atom is -0.478 e. The van der Waals surface area contributed by atoms with Crippen molar-refractivity contribution in [3.8, 4) is 0 Å². The van der Waals surface area contributed by atoms with Crippen LogP contribution in [0.1, 0.15) is 5.69 Å². The first-order valence-electron chi connectivity index (χ1n) is 3.21. The van der Waals surface area contributed by atoms with Gasteiger partial charge in [-0.25, -0.2) is 9.18 Å². The zero-order chi connectivity index (χ0) is 8.97. The minimum atomic E-state index is -1.32. The van der Waals surface area contributed by atoms with E-state index in [0.717, 1.165) is 0 Å². The van der Waals surface area contributed by atoms with Crippen LogP contribution < -0.4 is 0 Å². The second kappa shape index (κ2) is 3.61. The minimum absolute atomic E-state index is 0.0277. The van der Waals surface area contributed by atoms with Crippen molar-refractivity contribution in [3.63, 3.8) is 0 Å². The Morgan fingerprint density at radius 1 is 1.58 bits per heavy atom. The first-order chi connectivity index (χ1) is 5.70. The molecule has 0 atom stereocenters. The number of hydrogen-bond donors (Lipinski definition) is 1. The van der Waals surface area contributed by atoms with E-state index in [9.17, 15) is 9.18 Å². The molecule has 1 heterocycles. The highest BCUT2D eigenvalue weighted by molar-refractivity contribution is 5.87. The Balaban J connectivity index is 2.93. The number of nitrogens with zero attached hydrogens (tertiary/aromatic N) is 1. The number of carboxylic acid groups (broad SMARTS) is 1. The summed E-state index contributed by atoms with van der Waals surface area (Å²) < 4.78 is 12.8. The molecule has 0 fully saturated rings. The van der Waals surface area contributed by atoms with E-state index < -0.39 is 11.8 Å². The third-order valence-electron chi connectivity index (χ3n) is 1.16. The lowest BCUT2D eigenvalue weighted by Gasteiger charge is -1.92. The Labute approximate surface area is 68.2 Å². The van der Waals surface area contributed by atoms with E-state index in [1.807, 2.05) is 0 Å². The molecule has 0 saturated heterocycles. The predicted octanol–water partition coefficient (Wildman–Crippen LogP) is 1.48. The average molecular weight is 167 g/mol. The third-order valence-corrected chi connectivity index (χ3v) is 1.16. The van der Waals surface area contributed by atoms with Gasteiger partial charge in [0.2, 0.25) is 0 Å². The molecule has 1 aromatic rings. The molecule has 62 valence electrons. The molecule has 1 N–H and O–H groups in total. The SMILES string of the molecule is O=C(O)/C=C(\F)c1ccccn1. The van der Waals surface area contributed by atoms with E-state index in [1.54, 1.807) is 12.1 Å². The molecule has 0 radical (unpaired) electrons. The third kappa shape index (κ3) is 2.16. The van der Waals surface area contributed by atoms with Crippen LogP contribution in [0.2, 0.25) is 0 Å². The summed E-state index contributed by atoms with van der Waals surface area (Å²) in [5.41, 5.74) is 0.0277. The number of carbonyl (C=O) groups is 1. The van der Waals surface area contributed by atoms with Gasteiger partial charge in [-0.3, -0.25) is 4.98 Å². The standard InChI is InChI=1S/C8H6FNO2/c9-6(5-8(11)12)7-3-1-2-4-10-7/h1-5H,(H,11,12)/b6-5-. The maximum absolute atomic E-state index is 12.8. The fourth-order valence-corrected chi connectivity index (χ4v) is 0.686. The molecule has 0 aliphatic carbocycles. The Bertz CT molecular complexity index is 308. The van der Waals surface area contributed by atoms with E-state index in [-0.39, 0.29) is 5.69 Å². The van der Waals surface area contributed by atoms with Crippen molar-refractivity contribution in [1.29, 1.82) is 0 Å². The largest absolute Gasteiger partial charge is 0.478 e. The van der Waals surface area contributed by atoms with Gasteiger partial charge < -0.3 is 5.11 Å². The Hall–Kier alpha value is -1.71. The van der Waals surface area contributed by atoms with Crippen molar-refractivity contribution in [3.05, 3.63) is 36.2 Å². The second-order valence-electron chi connectivity index (χ2n) is 2.05. The van der Waals surface area contributed by atoms with Gasteiger partial charge in [-0.05, 0) is 12.1 Å². The fourth-order valence-electron chi connectivity index (χ4n) is 0.686. The Kier molecular flexibility index (Phi) is 2.53. The lowest BCUT2D eigenvalue weighted by Crippen LogP contribution is -1.90. The summed E-state index contributed by atoms with van der Waals surface area (Å²) >= 11 is 0. The molecule has 1 aromatic heterocycles. The summed E-state index contributed by atoms with van der Waals surface area (Å²) in [6.07, 6.45) is 1.87.